The van der Waals surface area contributed by atoms with Crippen LogP contribution in [-0.4, -0.2) is 12.1 Å². The van der Waals surface area contributed by atoms with E-state index in [1.54, 1.807) is 12.3 Å². The lowest BCUT2D eigenvalue weighted by molar-refractivity contribution is -0.113. The SMILES string of the molecule is CCCC1=CC(=O)N=C1. The highest BCUT2D eigenvalue weighted by Gasteiger charge is 2.03. The maximum atomic E-state index is 10.5. The molecule has 2 nitrogen and oxygen atoms in total. The van der Waals surface area contributed by atoms with Gasteiger partial charge in [-0.2, -0.15) is 0 Å². The molecule has 0 atom stereocenters. The molecule has 2 heteroatoms. The third-order valence-corrected chi connectivity index (χ3v) is 1.21. The van der Waals surface area contributed by atoms with Gasteiger partial charge in [-0.1, -0.05) is 13.3 Å². The average Bonchev–Trinajstić information content (AvgIpc) is 2.17. The summed E-state index contributed by atoms with van der Waals surface area (Å²) in [6.45, 7) is 2.08. The van der Waals surface area contributed by atoms with Crippen molar-refractivity contribution >= 4 is 12.1 Å². The monoisotopic (exact) mass is 123 g/mol. The number of carbonyl (C=O) groups excluding carboxylic acids is 1. The van der Waals surface area contributed by atoms with Crippen LogP contribution in [-0.2, 0) is 4.79 Å². The van der Waals surface area contributed by atoms with E-state index in [1.165, 1.54) is 0 Å². The third kappa shape index (κ3) is 1.49. The van der Waals surface area contributed by atoms with E-state index in [2.05, 4.69) is 11.9 Å². The molecule has 0 unspecified atom stereocenters. The summed E-state index contributed by atoms with van der Waals surface area (Å²) in [4.78, 5) is 14.0. The van der Waals surface area contributed by atoms with Gasteiger partial charge in [-0.25, -0.2) is 4.99 Å². The van der Waals surface area contributed by atoms with Gasteiger partial charge >= 0.3 is 0 Å². The smallest absolute Gasteiger partial charge is 0.267 e. The molecule has 0 saturated carbocycles. The average molecular weight is 123 g/mol. The minimum absolute atomic E-state index is 0.113. The maximum Gasteiger partial charge on any atom is 0.269 e. The molecule has 1 amide bonds. The quantitative estimate of drug-likeness (QED) is 0.544. The number of nitrogens with zero attached hydrogens (tertiary/aromatic N) is 1. The topological polar surface area (TPSA) is 29.4 Å². The molecule has 0 aromatic carbocycles. The molecule has 0 N–H and O–H groups in total. The van der Waals surface area contributed by atoms with Gasteiger partial charge in [-0.15, -0.1) is 0 Å². The van der Waals surface area contributed by atoms with Crippen molar-refractivity contribution in [1.29, 1.82) is 0 Å². The molecule has 0 aromatic heterocycles. The number of rotatable bonds is 2. The van der Waals surface area contributed by atoms with Crippen molar-refractivity contribution in [3.05, 3.63) is 11.6 Å². The van der Waals surface area contributed by atoms with Gasteiger partial charge in [-0.3, -0.25) is 4.79 Å². The van der Waals surface area contributed by atoms with Crippen LogP contribution < -0.4 is 0 Å². The summed E-state index contributed by atoms with van der Waals surface area (Å²) in [5.74, 6) is -0.113. The Hall–Kier alpha value is -0.920. The van der Waals surface area contributed by atoms with Crippen LogP contribution in [0.5, 0.6) is 0 Å². The van der Waals surface area contributed by atoms with Crippen LogP contribution in [0.3, 0.4) is 0 Å². The summed E-state index contributed by atoms with van der Waals surface area (Å²) in [6.07, 6.45) is 5.27. The first-order chi connectivity index (χ1) is 4.33. The van der Waals surface area contributed by atoms with Crippen LogP contribution in [0.4, 0.5) is 0 Å². The Balaban J connectivity index is 2.53. The first-order valence-corrected chi connectivity index (χ1v) is 3.11. The maximum absolute atomic E-state index is 10.5. The van der Waals surface area contributed by atoms with E-state index in [4.69, 9.17) is 0 Å². The van der Waals surface area contributed by atoms with Gasteiger partial charge in [-0.05, 0) is 12.0 Å². The molecular formula is C7H9NO. The summed E-state index contributed by atoms with van der Waals surface area (Å²) in [6, 6.07) is 0. The van der Waals surface area contributed by atoms with Gasteiger partial charge in [0.1, 0.15) is 0 Å². The van der Waals surface area contributed by atoms with Crippen LogP contribution in [0.1, 0.15) is 19.8 Å². The van der Waals surface area contributed by atoms with Gasteiger partial charge in [0.25, 0.3) is 5.91 Å². The predicted molar refractivity (Wildman–Crippen MR) is 36.5 cm³/mol. The summed E-state index contributed by atoms with van der Waals surface area (Å²) in [5.41, 5.74) is 1.06. The molecule has 9 heavy (non-hydrogen) atoms. The Morgan fingerprint density at radius 3 is 2.89 bits per heavy atom. The van der Waals surface area contributed by atoms with Crippen LogP contribution in [0.2, 0.25) is 0 Å². The van der Waals surface area contributed by atoms with E-state index >= 15 is 0 Å². The molecule has 0 fully saturated rings. The van der Waals surface area contributed by atoms with Crippen molar-refractivity contribution in [2.45, 2.75) is 19.8 Å². The van der Waals surface area contributed by atoms with Gasteiger partial charge in [0.15, 0.2) is 0 Å². The van der Waals surface area contributed by atoms with Crippen molar-refractivity contribution in [1.82, 2.24) is 0 Å². The minimum Gasteiger partial charge on any atom is -0.267 e. The number of hydrogen-bond acceptors (Lipinski definition) is 1. The number of amides is 1. The molecule has 0 radical (unpaired) electrons. The zero-order valence-corrected chi connectivity index (χ0v) is 5.42. The van der Waals surface area contributed by atoms with Crippen LogP contribution in [0, 0.1) is 0 Å². The summed E-state index contributed by atoms with van der Waals surface area (Å²) in [5, 5.41) is 0. The number of carbonyl (C=O) groups is 1. The Morgan fingerprint density at radius 2 is 2.44 bits per heavy atom. The fourth-order valence-corrected chi connectivity index (χ4v) is 0.805. The zero-order valence-electron chi connectivity index (χ0n) is 5.42. The lowest BCUT2D eigenvalue weighted by Crippen LogP contribution is -1.79. The highest BCUT2D eigenvalue weighted by atomic mass is 16.1. The molecule has 0 saturated heterocycles. The van der Waals surface area contributed by atoms with Crippen LogP contribution >= 0.6 is 0 Å². The molecule has 0 spiro atoms. The van der Waals surface area contributed by atoms with E-state index < -0.39 is 0 Å². The zero-order chi connectivity index (χ0) is 6.69. The molecule has 1 aliphatic heterocycles. The summed E-state index contributed by atoms with van der Waals surface area (Å²) in [7, 11) is 0. The summed E-state index contributed by atoms with van der Waals surface area (Å²) < 4.78 is 0. The molecule has 0 aromatic rings. The van der Waals surface area contributed by atoms with Crippen molar-refractivity contribution in [2.24, 2.45) is 4.99 Å². The second-order valence-corrected chi connectivity index (χ2v) is 2.07. The second kappa shape index (κ2) is 2.58. The van der Waals surface area contributed by atoms with Crippen LogP contribution in [0.15, 0.2) is 16.6 Å². The lowest BCUT2D eigenvalue weighted by Gasteiger charge is -1.87. The predicted octanol–water partition coefficient (Wildman–Crippen LogP) is 1.32. The van der Waals surface area contributed by atoms with Gasteiger partial charge in [0.2, 0.25) is 0 Å². The number of allylic oxidation sites excluding steroid dienone is 1. The van der Waals surface area contributed by atoms with Crippen molar-refractivity contribution in [3.63, 3.8) is 0 Å². The molecule has 0 bridgehead atoms. The standard InChI is InChI=1S/C7H9NO/c1-2-3-6-4-7(9)8-5-6/h4-5H,2-3H2,1H3. The highest BCUT2D eigenvalue weighted by Crippen LogP contribution is 2.06. The Kier molecular flexibility index (Phi) is 1.78. The number of hydrogen-bond donors (Lipinski definition) is 0. The fourth-order valence-electron chi connectivity index (χ4n) is 0.805. The fraction of sp³-hybridized carbons (Fsp3) is 0.429. The van der Waals surface area contributed by atoms with E-state index in [0.717, 1.165) is 18.4 Å². The largest absolute Gasteiger partial charge is 0.269 e. The minimum atomic E-state index is -0.113. The molecule has 1 heterocycles. The molecular weight excluding hydrogens is 114 g/mol. The second-order valence-electron chi connectivity index (χ2n) is 2.07. The highest BCUT2D eigenvalue weighted by molar-refractivity contribution is 6.06. The Labute approximate surface area is 54.3 Å². The lowest BCUT2D eigenvalue weighted by atomic mass is 10.2. The molecule has 1 aliphatic rings. The first kappa shape index (κ1) is 6.20. The molecule has 0 aliphatic carbocycles. The molecule has 48 valence electrons. The summed E-state index contributed by atoms with van der Waals surface area (Å²) >= 11 is 0. The third-order valence-electron chi connectivity index (χ3n) is 1.21. The Morgan fingerprint density at radius 1 is 1.67 bits per heavy atom. The van der Waals surface area contributed by atoms with E-state index in [0.29, 0.717) is 0 Å². The van der Waals surface area contributed by atoms with E-state index in [-0.39, 0.29) is 5.91 Å². The van der Waals surface area contributed by atoms with Gasteiger partial charge < -0.3 is 0 Å². The van der Waals surface area contributed by atoms with E-state index in [9.17, 15) is 4.79 Å². The van der Waals surface area contributed by atoms with E-state index in [1.807, 2.05) is 0 Å². The van der Waals surface area contributed by atoms with Crippen molar-refractivity contribution < 1.29 is 4.79 Å². The van der Waals surface area contributed by atoms with Gasteiger partial charge in [0.05, 0.1) is 0 Å². The van der Waals surface area contributed by atoms with Crippen LogP contribution in [0.25, 0.3) is 0 Å². The Bertz CT molecular complexity index is 179. The normalized spacial score (nSPS) is 16.6. The van der Waals surface area contributed by atoms with Crippen molar-refractivity contribution in [2.75, 3.05) is 0 Å². The number of aliphatic imine (C=N–C) groups is 1. The van der Waals surface area contributed by atoms with Crippen molar-refractivity contribution in [3.8, 4) is 0 Å². The molecule has 1 rings (SSSR count). The first-order valence-electron chi connectivity index (χ1n) is 3.11. The van der Waals surface area contributed by atoms with Gasteiger partial charge in [0, 0.05) is 12.3 Å².